The van der Waals surface area contributed by atoms with E-state index in [1.165, 1.54) is 11.1 Å². The Labute approximate surface area is 172 Å². The number of benzene rings is 2. The van der Waals surface area contributed by atoms with Gasteiger partial charge in [0.25, 0.3) is 0 Å². The van der Waals surface area contributed by atoms with Crippen molar-refractivity contribution in [2.75, 3.05) is 20.1 Å². The SMILES string of the molecule is CN1CC[C@]2(C)c3cc(O)ccc3C[C@H]1[C@@H]2NCCc1ccc(S(N)(=O)=O)cc1. The number of primary sulfonamides is 1. The first-order chi connectivity index (χ1) is 13.7. The van der Waals surface area contributed by atoms with E-state index in [2.05, 4.69) is 30.3 Å². The van der Waals surface area contributed by atoms with Crippen molar-refractivity contribution in [3.05, 3.63) is 59.2 Å². The number of likely N-dealkylation sites (N-methyl/N-ethyl adjacent to an activating group) is 1. The molecule has 4 rings (SSSR count). The van der Waals surface area contributed by atoms with E-state index >= 15 is 0 Å². The van der Waals surface area contributed by atoms with Crippen LogP contribution in [0.5, 0.6) is 5.75 Å². The summed E-state index contributed by atoms with van der Waals surface area (Å²) in [5.74, 6) is 0.330. The van der Waals surface area contributed by atoms with Crippen molar-refractivity contribution in [3.63, 3.8) is 0 Å². The van der Waals surface area contributed by atoms with E-state index in [-0.39, 0.29) is 10.3 Å². The average Bonchev–Trinajstić information content (AvgIpc) is 2.67. The summed E-state index contributed by atoms with van der Waals surface area (Å²) in [5.41, 5.74) is 3.64. The molecular formula is C22H29N3O3S. The maximum Gasteiger partial charge on any atom is 0.238 e. The molecule has 1 aliphatic carbocycles. The minimum Gasteiger partial charge on any atom is -0.508 e. The molecule has 1 saturated heterocycles. The molecule has 4 N–H and O–H groups in total. The van der Waals surface area contributed by atoms with Gasteiger partial charge < -0.3 is 15.3 Å². The summed E-state index contributed by atoms with van der Waals surface area (Å²) >= 11 is 0. The third kappa shape index (κ3) is 3.80. The Kier molecular flexibility index (Phi) is 5.19. The summed E-state index contributed by atoms with van der Waals surface area (Å²) in [6.45, 7) is 4.15. The van der Waals surface area contributed by atoms with Crippen LogP contribution in [0.15, 0.2) is 47.4 Å². The maximum absolute atomic E-state index is 11.4. The van der Waals surface area contributed by atoms with Crippen LogP contribution in [0.2, 0.25) is 0 Å². The van der Waals surface area contributed by atoms with Crippen molar-refractivity contribution in [2.24, 2.45) is 5.14 Å². The lowest BCUT2D eigenvalue weighted by Gasteiger charge is -2.55. The number of likely N-dealkylation sites (tertiary alicyclic amines) is 1. The molecule has 29 heavy (non-hydrogen) atoms. The van der Waals surface area contributed by atoms with Crippen molar-refractivity contribution in [3.8, 4) is 5.75 Å². The van der Waals surface area contributed by atoms with Crippen molar-refractivity contribution in [1.29, 1.82) is 0 Å². The number of hydrogen-bond acceptors (Lipinski definition) is 5. The standard InChI is InChI=1S/C22H29N3O3S/c1-22-10-12-25(2)20(13-16-5-6-17(26)14-19(16)22)21(22)24-11-9-15-3-7-18(8-4-15)29(23,27)28/h3-8,14,20-21,24,26H,9-13H2,1-2H3,(H2,23,27,28)/t20-,21-,22+/m0/s1. The second kappa shape index (κ2) is 7.40. The summed E-state index contributed by atoms with van der Waals surface area (Å²) < 4.78 is 22.8. The zero-order chi connectivity index (χ0) is 20.8. The van der Waals surface area contributed by atoms with Gasteiger partial charge in [-0.2, -0.15) is 0 Å². The number of sulfonamides is 1. The molecular weight excluding hydrogens is 386 g/mol. The third-order valence-electron chi connectivity index (χ3n) is 6.79. The fraction of sp³-hybridized carbons (Fsp3) is 0.455. The molecule has 1 aliphatic heterocycles. The molecule has 0 aromatic heterocycles. The molecule has 0 unspecified atom stereocenters. The van der Waals surface area contributed by atoms with Crippen LogP contribution in [0.25, 0.3) is 0 Å². The molecule has 6 nitrogen and oxygen atoms in total. The van der Waals surface area contributed by atoms with Crippen molar-refractivity contribution in [2.45, 2.75) is 48.6 Å². The molecule has 0 amide bonds. The lowest BCUT2D eigenvalue weighted by atomic mass is 9.61. The number of aromatic hydroxyl groups is 1. The van der Waals surface area contributed by atoms with Gasteiger partial charge in [-0.25, -0.2) is 13.6 Å². The fourth-order valence-corrected chi connectivity index (χ4v) is 5.58. The minimum absolute atomic E-state index is 0.0268. The van der Waals surface area contributed by atoms with Crippen LogP contribution in [0, 0.1) is 0 Å². The molecule has 0 spiro atoms. The van der Waals surface area contributed by atoms with E-state index in [4.69, 9.17) is 5.14 Å². The van der Waals surface area contributed by atoms with Crippen LogP contribution in [-0.2, 0) is 28.3 Å². The largest absolute Gasteiger partial charge is 0.508 e. The molecule has 1 fully saturated rings. The Morgan fingerprint density at radius 2 is 1.97 bits per heavy atom. The summed E-state index contributed by atoms with van der Waals surface area (Å²) in [7, 11) is -1.46. The van der Waals surface area contributed by atoms with Crippen LogP contribution in [0.4, 0.5) is 0 Å². The number of piperidine rings is 1. The molecule has 7 heteroatoms. The number of rotatable bonds is 5. The lowest BCUT2D eigenvalue weighted by Crippen LogP contribution is -2.66. The van der Waals surface area contributed by atoms with Crippen molar-refractivity contribution in [1.82, 2.24) is 10.2 Å². The van der Waals surface area contributed by atoms with Gasteiger partial charge in [0.15, 0.2) is 0 Å². The first-order valence-electron chi connectivity index (χ1n) is 10.1. The molecule has 2 bridgehead atoms. The smallest absolute Gasteiger partial charge is 0.238 e. The second-order valence-corrected chi connectivity index (χ2v) is 10.2. The zero-order valence-corrected chi connectivity index (χ0v) is 17.7. The number of phenolic OH excluding ortho intramolecular Hbond substituents is 1. The third-order valence-corrected chi connectivity index (χ3v) is 7.72. The monoisotopic (exact) mass is 415 g/mol. The predicted octanol–water partition coefficient (Wildman–Crippen LogP) is 1.76. The highest BCUT2D eigenvalue weighted by Gasteiger charge is 2.49. The molecule has 2 aromatic carbocycles. The van der Waals surface area contributed by atoms with Crippen LogP contribution in [-0.4, -0.2) is 50.6 Å². The van der Waals surface area contributed by atoms with Gasteiger partial charge in [-0.1, -0.05) is 25.1 Å². The molecule has 0 radical (unpaired) electrons. The zero-order valence-electron chi connectivity index (χ0n) is 16.9. The van der Waals surface area contributed by atoms with Gasteiger partial charge >= 0.3 is 0 Å². The van der Waals surface area contributed by atoms with Crippen molar-refractivity contribution < 1.29 is 13.5 Å². The highest BCUT2D eigenvalue weighted by molar-refractivity contribution is 7.89. The molecule has 3 atom stereocenters. The highest BCUT2D eigenvalue weighted by atomic mass is 32.2. The summed E-state index contributed by atoms with van der Waals surface area (Å²) in [6.07, 6.45) is 2.82. The summed E-state index contributed by atoms with van der Waals surface area (Å²) in [5, 5.41) is 19.0. The normalized spacial score (nSPS) is 26.9. The number of nitrogens with one attached hydrogen (secondary N) is 1. The average molecular weight is 416 g/mol. The number of nitrogens with zero attached hydrogens (tertiary/aromatic N) is 1. The van der Waals surface area contributed by atoms with Crippen LogP contribution < -0.4 is 10.5 Å². The first kappa shape index (κ1) is 20.3. The summed E-state index contributed by atoms with van der Waals surface area (Å²) in [6, 6.07) is 13.3. The van der Waals surface area contributed by atoms with Gasteiger partial charge in [0.1, 0.15) is 5.75 Å². The highest BCUT2D eigenvalue weighted by Crippen LogP contribution is 2.45. The molecule has 2 aromatic rings. The summed E-state index contributed by atoms with van der Waals surface area (Å²) in [4.78, 5) is 2.58. The second-order valence-electron chi connectivity index (χ2n) is 8.63. The van der Waals surface area contributed by atoms with Gasteiger partial charge in [0.2, 0.25) is 10.0 Å². The van der Waals surface area contributed by atoms with E-state index in [1.807, 2.05) is 18.2 Å². The van der Waals surface area contributed by atoms with Gasteiger partial charge in [-0.15, -0.1) is 0 Å². The minimum atomic E-state index is -3.66. The quantitative estimate of drug-likeness (QED) is 0.692. The number of hydrogen-bond donors (Lipinski definition) is 3. The Hall–Kier alpha value is -1.93. The van der Waals surface area contributed by atoms with Gasteiger partial charge in [-0.05, 0) is 80.4 Å². The topological polar surface area (TPSA) is 95.7 Å². The molecule has 2 aliphatic rings. The van der Waals surface area contributed by atoms with E-state index in [9.17, 15) is 13.5 Å². The van der Waals surface area contributed by atoms with E-state index in [0.717, 1.165) is 37.9 Å². The van der Waals surface area contributed by atoms with Crippen molar-refractivity contribution >= 4 is 10.0 Å². The van der Waals surface area contributed by atoms with Gasteiger partial charge in [0, 0.05) is 17.5 Å². The number of fused-ring (bicyclic) bond motifs is 4. The van der Waals surface area contributed by atoms with Gasteiger partial charge in [0.05, 0.1) is 4.90 Å². The Balaban J connectivity index is 1.51. The van der Waals surface area contributed by atoms with Crippen LogP contribution in [0.3, 0.4) is 0 Å². The molecule has 1 heterocycles. The van der Waals surface area contributed by atoms with Gasteiger partial charge in [-0.3, -0.25) is 0 Å². The predicted molar refractivity (Wildman–Crippen MR) is 114 cm³/mol. The number of phenols is 1. The fourth-order valence-electron chi connectivity index (χ4n) is 5.06. The lowest BCUT2D eigenvalue weighted by molar-refractivity contribution is 0.0663. The van der Waals surface area contributed by atoms with E-state index in [1.54, 1.807) is 18.2 Å². The van der Waals surface area contributed by atoms with Crippen LogP contribution >= 0.6 is 0 Å². The Morgan fingerprint density at radius 3 is 2.66 bits per heavy atom. The first-order valence-corrected chi connectivity index (χ1v) is 11.6. The number of nitrogens with two attached hydrogens (primary N) is 1. The van der Waals surface area contributed by atoms with E-state index < -0.39 is 10.0 Å². The Morgan fingerprint density at radius 1 is 1.24 bits per heavy atom. The molecule has 156 valence electrons. The van der Waals surface area contributed by atoms with E-state index in [0.29, 0.717) is 17.8 Å². The molecule has 0 saturated carbocycles. The van der Waals surface area contributed by atoms with Crippen LogP contribution in [0.1, 0.15) is 30.0 Å². The Bertz CT molecular complexity index is 1010. The maximum atomic E-state index is 11.4.